The predicted molar refractivity (Wildman–Crippen MR) is 67.1 cm³/mol. The third kappa shape index (κ3) is 2.41. The molecule has 0 aromatic heterocycles. The third-order valence-corrected chi connectivity index (χ3v) is 3.40. The van der Waals surface area contributed by atoms with E-state index in [2.05, 4.69) is 6.58 Å². The van der Waals surface area contributed by atoms with Gasteiger partial charge in [-0.15, -0.1) is 0 Å². The summed E-state index contributed by atoms with van der Waals surface area (Å²) in [4.78, 5) is 12.2. The van der Waals surface area contributed by atoms with Crippen molar-refractivity contribution in [2.45, 2.75) is 32.1 Å². The second-order valence-corrected chi connectivity index (χ2v) is 4.54. The first-order valence-corrected chi connectivity index (χ1v) is 6.07. The number of hydrogen-bond acceptors (Lipinski definition) is 1. The Morgan fingerprint density at radius 1 is 1.06 bits per heavy atom. The molecule has 1 heteroatoms. The van der Waals surface area contributed by atoms with Crippen molar-refractivity contribution in [3.63, 3.8) is 0 Å². The first-order valence-electron chi connectivity index (χ1n) is 6.07. The van der Waals surface area contributed by atoms with Crippen molar-refractivity contribution in [2.24, 2.45) is 5.92 Å². The Hall–Kier alpha value is -1.37. The molecule has 1 saturated carbocycles. The normalized spacial score (nSPS) is 17.0. The van der Waals surface area contributed by atoms with Crippen LogP contribution in [0.2, 0.25) is 0 Å². The molecule has 0 radical (unpaired) electrons. The highest BCUT2D eigenvalue weighted by Gasteiger charge is 2.23. The van der Waals surface area contributed by atoms with Crippen molar-refractivity contribution in [2.75, 3.05) is 0 Å². The van der Waals surface area contributed by atoms with Crippen LogP contribution >= 0.6 is 0 Å². The topological polar surface area (TPSA) is 17.1 Å². The molecular formula is C15H18O. The van der Waals surface area contributed by atoms with E-state index in [4.69, 9.17) is 0 Å². The average Bonchev–Trinajstić information content (AvgIpc) is 2.39. The van der Waals surface area contributed by atoms with Gasteiger partial charge in [-0.2, -0.15) is 0 Å². The SMILES string of the molecule is C=C(C(=O)C1CCCCC1)c1ccccc1. The molecule has 0 amide bonds. The molecule has 0 N–H and O–H groups in total. The van der Waals surface area contributed by atoms with E-state index < -0.39 is 0 Å². The Labute approximate surface area is 97.2 Å². The maximum atomic E-state index is 12.2. The number of carbonyl (C=O) groups is 1. The summed E-state index contributed by atoms with van der Waals surface area (Å²) in [6, 6.07) is 9.79. The molecule has 0 aliphatic heterocycles. The van der Waals surface area contributed by atoms with Crippen molar-refractivity contribution in [1.82, 2.24) is 0 Å². The molecule has 0 unspecified atom stereocenters. The zero-order chi connectivity index (χ0) is 11.4. The van der Waals surface area contributed by atoms with E-state index in [1.807, 2.05) is 30.3 Å². The fourth-order valence-electron chi connectivity index (χ4n) is 2.39. The Morgan fingerprint density at radius 3 is 2.31 bits per heavy atom. The molecule has 0 saturated heterocycles. The standard InChI is InChI=1S/C15H18O/c1-12(13-8-4-2-5-9-13)15(16)14-10-6-3-7-11-14/h2,4-5,8-9,14H,1,3,6-7,10-11H2. The molecule has 1 aliphatic carbocycles. The zero-order valence-corrected chi connectivity index (χ0v) is 9.61. The molecule has 0 heterocycles. The molecule has 84 valence electrons. The van der Waals surface area contributed by atoms with Gasteiger partial charge in [-0.3, -0.25) is 4.79 Å². The van der Waals surface area contributed by atoms with Crippen LogP contribution in [0.3, 0.4) is 0 Å². The van der Waals surface area contributed by atoms with Crippen molar-refractivity contribution in [3.8, 4) is 0 Å². The highest BCUT2D eigenvalue weighted by molar-refractivity contribution is 6.20. The molecule has 1 aromatic rings. The Balaban J connectivity index is 2.07. The van der Waals surface area contributed by atoms with E-state index in [1.54, 1.807) is 0 Å². The fraction of sp³-hybridized carbons (Fsp3) is 0.400. The summed E-state index contributed by atoms with van der Waals surface area (Å²) in [5.41, 5.74) is 1.66. The fourth-order valence-corrected chi connectivity index (χ4v) is 2.39. The number of rotatable bonds is 3. The molecule has 16 heavy (non-hydrogen) atoms. The van der Waals surface area contributed by atoms with Crippen molar-refractivity contribution >= 4 is 11.4 Å². The molecule has 2 rings (SSSR count). The minimum atomic E-state index is 0.224. The van der Waals surface area contributed by atoms with Gasteiger partial charge >= 0.3 is 0 Å². The van der Waals surface area contributed by atoms with Crippen molar-refractivity contribution in [1.29, 1.82) is 0 Å². The molecule has 1 aromatic carbocycles. The molecule has 0 atom stereocenters. The van der Waals surface area contributed by atoms with Crippen molar-refractivity contribution < 1.29 is 4.79 Å². The summed E-state index contributed by atoms with van der Waals surface area (Å²) in [6.07, 6.45) is 5.76. The maximum Gasteiger partial charge on any atom is 0.165 e. The second kappa shape index (κ2) is 5.11. The van der Waals surface area contributed by atoms with Gasteiger partial charge in [-0.1, -0.05) is 56.2 Å². The number of hydrogen-bond donors (Lipinski definition) is 0. The predicted octanol–water partition coefficient (Wildman–Crippen LogP) is 3.85. The smallest absolute Gasteiger partial charge is 0.165 e. The van der Waals surface area contributed by atoms with Gasteiger partial charge in [0.15, 0.2) is 5.78 Å². The van der Waals surface area contributed by atoms with Gasteiger partial charge < -0.3 is 0 Å². The highest BCUT2D eigenvalue weighted by atomic mass is 16.1. The number of benzene rings is 1. The van der Waals surface area contributed by atoms with Crippen LogP contribution < -0.4 is 0 Å². The minimum Gasteiger partial charge on any atom is -0.294 e. The molecule has 1 fully saturated rings. The van der Waals surface area contributed by atoms with Crippen LogP contribution in [0, 0.1) is 5.92 Å². The average molecular weight is 214 g/mol. The lowest BCUT2D eigenvalue weighted by molar-refractivity contribution is -0.118. The highest BCUT2D eigenvalue weighted by Crippen LogP contribution is 2.28. The van der Waals surface area contributed by atoms with Gasteiger partial charge in [0.1, 0.15) is 0 Å². The quantitative estimate of drug-likeness (QED) is 0.698. The third-order valence-electron chi connectivity index (χ3n) is 3.40. The van der Waals surface area contributed by atoms with Gasteiger partial charge in [0.05, 0.1) is 0 Å². The number of allylic oxidation sites excluding steroid dienone is 1. The van der Waals surface area contributed by atoms with E-state index in [1.165, 1.54) is 19.3 Å². The Bertz CT molecular complexity index is 372. The van der Waals surface area contributed by atoms with E-state index >= 15 is 0 Å². The van der Waals surface area contributed by atoms with Crippen LogP contribution in [-0.2, 0) is 4.79 Å². The number of ketones is 1. The zero-order valence-electron chi connectivity index (χ0n) is 9.61. The Kier molecular flexibility index (Phi) is 3.55. The van der Waals surface area contributed by atoms with E-state index in [0.29, 0.717) is 5.57 Å². The van der Waals surface area contributed by atoms with Crippen LogP contribution in [0.15, 0.2) is 36.9 Å². The number of carbonyl (C=O) groups excluding carboxylic acids is 1. The first-order chi connectivity index (χ1) is 7.79. The lowest BCUT2D eigenvalue weighted by Crippen LogP contribution is -2.18. The summed E-state index contributed by atoms with van der Waals surface area (Å²) in [5.74, 6) is 0.479. The second-order valence-electron chi connectivity index (χ2n) is 4.54. The number of Topliss-reactive ketones (excluding diaryl/α,β-unsaturated/α-hetero) is 1. The molecule has 1 nitrogen and oxygen atoms in total. The monoisotopic (exact) mass is 214 g/mol. The van der Waals surface area contributed by atoms with Crippen LogP contribution in [0.5, 0.6) is 0 Å². The van der Waals surface area contributed by atoms with Crippen LogP contribution in [-0.4, -0.2) is 5.78 Å². The first kappa shape index (κ1) is 11.1. The van der Waals surface area contributed by atoms with E-state index in [-0.39, 0.29) is 11.7 Å². The largest absolute Gasteiger partial charge is 0.294 e. The molecule has 1 aliphatic rings. The van der Waals surface area contributed by atoms with Gasteiger partial charge in [-0.05, 0) is 18.4 Å². The molecule has 0 bridgehead atoms. The van der Waals surface area contributed by atoms with Crippen LogP contribution in [0.4, 0.5) is 0 Å². The summed E-state index contributed by atoms with van der Waals surface area (Å²) >= 11 is 0. The summed E-state index contributed by atoms with van der Waals surface area (Å²) in [7, 11) is 0. The summed E-state index contributed by atoms with van der Waals surface area (Å²) in [6.45, 7) is 3.95. The molecule has 0 spiro atoms. The molecular weight excluding hydrogens is 196 g/mol. The van der Waals surface area contributed by atoms with Crippen molar-refractivity contribution in [3.05, 3.63) is 42.5 Å². The summed E-state index contributed by atoms with van der Waals surface area (Å²) < 4.78 is 0. The van der Waals surface area contributed by atoms with Gasteiger partial charge in [-0.25, -0.2) is 0 Å². The lowest BCUT2D eigenvalue weighted by atomic mass is 9.82. The lowest BCUT2D eigenvalue weighted by Gasteiger charge is -2.21. The van der Waals surface area contributed by atoms with Crippen LogP contribution in [0.25, 0.3) is 5.57 Å². The van der Waals surface area contributed by atoms with E-state index in [9.17, 15) is 4.79 Å². The summed E-state index contributed by atoms with van der Waals surface area (Å²) in [5, 5.41) is 0. The minimum absolute atomic E-state index is 0.224. The Morgan fingerprint density at radius 2 is 1.69 bits per heavy atom. The van der Waals surface area contributed by atoms with Crippen LogP contribution in [0.1, 0.15) is 37.7 Å². The van der Waals surface area contributed by atoms with Gasteiger partial charge in [0.25, 0.3) is 0 Å². The maximum absolute atomic E-state index is 12.2. The van der Waals surface area contributed by atoms with Gasteiger partial charge in [0, 0.05) is 11.5 Å². The van der Waals surface area contributed by atoms with E-state index in [0.717, 1.165) is 18.4 Å². The van der Waals surface area contributed by atoms with Gasteiger partial charge in [0.2, 0.25) is 0 Å².